The van der Waals surface area contributed by atoms with Gasteiger partial charge in [0.15, 0.2) is 0 Å². The molecule has 1 heterocycles. The topological polar surface area (TPSA) is 37.3 Å². The summed E-state index contributed by atoms with van der Waals surface area (Å²) in [6, 6.07) is 0. The van der Waals surface area contributed by atoms with E-state index < -0.39 is 5.97 Å². The van der Waals surface area contributed by atoms with Crippen molar-refractivity contribution in [2.75, 3.05) is 0 Å². The average molecular weight is 158 g/mol. The predicted octanol–water partition coefficient (Wildman–Crippen LogP) is 1.82. The average Bonchev–Trinajstić information content (AvgIpc) is 2.15. The van der Waals surface area contributed by atoms with Crippen LogP contribution in [0.5, 0.6) is 0 Å². The summed E-state index contributed by atoms with van der Waals surface area (Å²) in [7, 11) is 0.216. The van der Waals surface area contributed by atoms with Crippen LogP contribution in [0.3, 0.4) is 0 Å². The van der Waals surface area contributed by atoms with Crippen LogP contribution in [0.4, 0.5) is 0 Å². The SMILES string of the molecule is C=S1C=CC=C1.CC(=O)O. The van der Waals surface area contributed by atoms with Gasteiger partial charge in [-0.15, -0.1) is 10.5 Å². The molecule has 0 saturated heterocycles. The molecule has 1 rings (SSSR count). The lowest BCUT2D eigenvalue weighted by Gasteiger charge is -1.75. The minimum atomic E-state index is -0.833. The van der Waals surface area contributed by atoms with Crippen LogP contribution >= 0.6 is 10.5 Å². The second-order valence-electron chi connectivity index (χ2n) is 1.65. The number of aliphatic carboxylic acids is 1. The van der Waals surface area contributed by atoms with Crippen LogP contribution in [-0.2, 0) is 4.79 Å². The Morgan fingerprint density at radius 2 is 1.80 bits per heavy atom. The van der Waals surface area contributed by atoms with E-state index in [-0.39, 0.29) is 10.5 Å². The number of carboxylic acids is 1. The van der Waals surface area contributed by atoms with Crippen LogP contribution in [0, 0.1) is 0 Å². The van der Waals surface area contributed by atoms with Gasteiger partial charge < -0.3 is 5.11 Å². The van der Waals surface area contributed by atoms with Crippen molar-refractivity contribution < 1.29 is 9.90 Å². The van der Waals surface area contributed by atoms with Crippen molar-refractivity contribution in [2.24, 2.45) is 0 Å². The molecule has 1 N–H and O–H groups in total. The van der Waals surface area contributed by atoms with Gasteiger partial charge in [-0.3, -0.25) is 4.79 Å². The molecule has 0 aliphatic carbocycles. The van der Waals surface area contributed by atoms with Gasteiger partial charge in [0.2, 0.25) is 0 Å². The van der Waals surface area contributed by atoms with Crippen molar-refractivity contribution in [3.8, 4) is 0 Å². The summed E-state index contributed by atoms with van der Waals surface area (Å²) in [6.07, 6.45) is 4.05. The molecule has 0 bridgehead atoms. The zero-order valence-corrected chi connectivity index (χ0v) is 6.60. The van der Waals surface area contributed by atoms with E-state index in [1.807, 2.05) is 12.2 Å². The fraction of sp³-hybridized carbons (Fsp3) is 0.143. The van der Waals surface area contributed by atoms with Gasteiger partial charge in [-0.25, -0.2) is 0 Å². The highest BCUT2D eigenvalue weighted by Gasteiger charge is 1.78. The molecule has 0 atom stereocenters. The molecule has 0 amide bonds. The van der Waals surface area contributed by atoms with E-state index in [1.165, 1.54) is 0 Å². The molecule has 0 aromatic heterocycles. The van der Waals surface area contributed by atoms with E-state index in [1.54, 1.807) is 0 Å². The highest BCUT2D eigenvalue weighted by Crippen LogP contribution is 2.17. The third-order valence-corrected chi connectivity index (χ3v) is 1.63. The minimum Gasteiger partial charge on any atom is -0.481 e. The zero-order chi connectivity index (χ0) is 7.98. The van der Waals surface area contributed by atoms with E-state index in [2.05, 4.69) is 16.7 Å². The van der Waals surface area contributed by atoms with Crippen molar-refractivity contribution in [2.45, 2.75) is 6.92 Å². The summed E-state index contributed by atoms with van der Waals surface area (Å²) >= 11 is 0. The van der Waals surface area contributed by atoms with Crippen LogP contribution < -0.4 is 0 Å². The highest BCUT2D eigenvalue weighted by atomic mass is 32.2. The largest absolute Gasteiger partial charge is 0.481 e. The first-order valence-corrected chi connectivity index (χ1v) is 4.21. The Morgan fingerprint density at radius 3 is 1.90 bits per heavy atom. The van der Waals surface area contributed by atoms with Gasteiger partial charge >= 0.3 is 0 Å². The van der Waals surface area contributed by atoms with Crippen molar-refractivity contribution in [3.63, 3.8) is 0 Å². The lowest BCUT2D eigenvalue weighted by Crippen LogP contribution is -1.78. The van der Waals surface area contributed by atoms with Gasteiger partial charge in [0.25, 0.3) is 5.97 Å². The molecule has 10 heavy (non-hydrogen) atoms. The second-order valence-corrected chi connectivity index (χ2v) is 3.13. The van der Waals surface area contributed by atoms with Crippen molar-refractivity contribution in [1.82, 2.24) is 0 Å². The summed E-state index contributed by atoms with van der Waals surface area (Å²) in [5, 5.41) is 11.6. The third kappa shape index (κ3) is 7.17. The molecular weight excluding hydrogens is 148 g/mol. The van der Waals surface area contributed by atoms with Gasteiger partial charge in [-0.2, -0.15) is 0 Å². The van der Waals surface area contributed by atoms with Crippen molar-refractivity contribution in [1.29, 1.82) is 0 Å². The lowest BCUT2D eigenvalue weighted by molar-refractivity contribution is -0.134. The van der Waals surface area contributed by atoms with Gasteiger partial charge in [0, 0.05) is 6.92 Å². The molecule has 0 spiro atoms. The number of allylic oxidation sites excluding steroid dienone is 2. The van der Waals surface area contributed by atoms with Gasteiger partial charge in [-0.1, -0.05) is 18.0 Å². The molecule has 0 aromatic rings. The van der Waals surface area contributed by atoms with E-state index in [0.717, 1.165) is 6.92 Å². The zero-order valence-electron chi connectivity index (χ0n) is 5.78. The monoisotopic (exact) mass is 158 g/mol. The van der Waals surface area contributed by atoms with E-state index in [0.29, 0.717) is 0 Å². The Balaban J connectivity index is 0.000000180. The minimum absolute atomic E-state index is 0.216. The fourth-order valence-electron chi connectivity index (χ4n) is 0.338. The molecule has 1 aliphatic heterocycles. The van der Waals surface area contributed by atoms with Gasteiger partial charge in [0.1, 0.15) is 0 Å². The number of rotatable bonds is 0. The maximum absolute atomic E-state index is 9.00. The van der Waals surface area contributed by atoms with Crippen LogP contribution in [-0.4, -0.2) is 16.9 Å². The number of carbonyl (C=O) groups is 1. The molecule has 3 heteroatoms. The van der Waals surface area contributed by atoms with Crippen LogP contribution in [0.15, 0.2) is 23.0 Å². The number of hydrogen-bond donors (Lipinski definition) is 1. The first-order valence-electron chi connectivity index (χ1n) is 2.69. The number of hydrogen-bond acceptors (Lipinski definition) is 1. The second kappa shape index (κ2) is 4.99. The predicted molar refractivity (Wildman–Crippen MR) is 46.3 cm³/mol. The molecule has 0 unspecified atom stereocenters. The Kier molecular flexibility index (Phi) is 4.58. The summed E-state index contributed by atoms with van der Waals surface area (Å²) in [5.41, 5.74) is 0. The first kappa shape index (κ1) is 9.17. The maximum Gasteiger partial charge on any atom is 0.300 e. The summed E-state index contributed by atoms with van der Waals surface area (Å²) in [6.45, 7) is 1.08. The van der Waals surface area contributed by atoms with E-state index >= 15 is 0 Å². The molecule has 2 nitrogen and oxygen atoms in total. The summed E-state index contributed by atoms with van der Waals surface area (Å²) in [5.74, 6) is 2.96. The Labute approximate surface area is 62.8 Å². The normalized spacial score (nSPS) is 14.5. The van der Waals surface area contributed by atoms with Crippen molar-refractivity contribution in [3.05, 3.63) is 23.0 Å². The molecule has 0 saturated carbocycles. The standard InChI is InChI=1S/C5H6S.C2H4O2/c1-6-4-2-3-5-6;1-2(3)4/h2-5H,1H2;1H3,(H,3,4). The quantitative estimate of drug-likeness (QED) is 0.546. The van der Waals surface area contributed by atoms with Crippen molar-refractivity contribution >= 4 is 22.3 Å². The maximum atomic E-state index is 9.00. The Morgan fingerprint density at radius 1 is 1.50 bits per heavy atom. The van der Waals surface area contributed by atoms with Crippen LogP contribution in [0.2, 0.25) is 0 Å². The molecular formula is C7H10O2S. The molecule has 1 aliphatic rings. The summed E-state index contributed by atoms with van der Waals surface area (Å²) < 4.78 is 0. The summed E-state index contributed by atoms with van der Waals surface area (Å²) in [4.78, 5) is 9.00. The lowest BCUT2D eigenvalue weighted by atomic mass is 10.6. The van der Waals surface area contributed by atoms with Gasteiger partial charge in [-0.05, 0) is 10.8 Å². The van der Waals surface area contributed by atoms with Crippen LogP contribution in [0.1, 0.15) is 6.92 Å². The van der Waals surface area contributed by atoms with Crippen LogP contribution in [0.25, 0.3) is 0 Å². The van der Waals surface area contributed by atoms with E-state index in [9.17, 15) is 0 Å². The fourth-order valence-corrected chi connectivity index (χ4v) is 1.01. The van der Waals surface area contributed by atoms with Gasteiger partial charge in [0.05, 0.1) is 0 Å². The molecule has 0 aromatic carbocycles. The van der Waals surface area contributed by atoms with E-state index in [4.69, 9.17) is 9.90 Å². The highest BCUT2D eigenvalue weighted by molar-refractivity contribution is 8.19. The number of carboxylic acid groups (broad SMARTS) is 1. The third-order valence-electron chi connectivity index (χ3n) is 0.618. The Bertz CT molecular complexity index is 174. The molecule has 56 valence electrons. The Hall–Kier alpha value is -0.830. The molecule has 0 radical (unpaired) electrons. The smallest absolute Gasteiger partial charge is 0.300 e. The molecule has 0 fully saturated rings. The first-order chi connectivity index (χ1) is 4.63.